The molecule has 1 aliphatic heterocycles. The number of thioether (sulfide) groups is 1. The fourth-order valence-electron chi connectivity index (χ4n) is 5.43. The van der Waals surface area contributed by atoms with Gasteiger partial charge in [-0.05, 0) is 75.1 Å². The Kier molecular flexibility index (Phi) is 10.4. The molecule has 1 saturated heterocycles. The highest BCUT2D eigenvalue weighted by molar-refractivity contribution is 7.98. The van der Waals surface area contributed by atoms with Crippen LogP contribution in [-0.2, 0) is 21.9 Å². The van der Waals surface area contributed by atoms with Crippen molar-refractivity contribution in [2.24, 2.45) is 0 Å². The Labute approximate surface area is 248 Å². The normalized spacial score (nSPS) is 20.1. The van der Waals surface area contributed by atoms with Crippen molar-refractivity contribution < 1.29 is 40.8 Å². The molecule has 0 radical (unpaired) electrons. The number of amides is 1. The number of likely N-dealkylation sites (tertiary alicyclic amines) is 1. The van der Waals surface area contributed by atoms with E-state index in [1.54, 1.807) is 17.2 Å². The Morgan fingerprint density at radius 1 is 0.907 bits per heavy atom. The third-order valence-corrected chi connectivity index (χ3v) is 8.51. The van der Waals surface area contributed by atoms with Gasteiger partial charge in [0.2, 0.25) is 5.91 Å². The van der Waals surface area contributed by atoms with Crippen molar-refractivity contribution in [2.75, 3.05) is 36.6 Å². The van der Waals surface area contributed by atoms with Gasteiger partial charge in [-0.3, -0.25) is 14.9 Å². The summed E-state index contributed by atoms with van der Waals surface area (Å²) < 4.78 is 85.8. The summed E-state index contributed by atoms with van der Waals surface area (Å²) in [5, 5.41) is 17.1. The molecule has 2 aromatic rings. The first kappa shape index (κ1) is 32.7. The van der Waals surface area contributed by atoms with Gasteiger partial charge in [0, 0.05) is 47.5 Å². The predicted molar refractivity (Wildman–Crippen MR) is 150 cm³/mol. The number of carbonyl (C=O) groups is 1. The molecular weight excluding hydrogens is 602 g/mol. The summed E-state index contributed by atoms with van der Waals surface area (Å²) in [4.78, 5) is 24.5. The molecule has 0 unspecified atom stereocenters. The maximum absolute atomic E-state index is 13.4. The Morgan fingerprint density at radius 3 is 1.98 bits per heavy atom. The summed E-state index contributed by atoms with van der Waals surface area (Å²) in [7, 11) is 0. The fraction of sp³-hybridized carbons (Fsp3) is 0.536. The molecule has 0 bridgehead atoms. The first-order chi connectivity index (χ1) is 20.2. The molecule has 2 aromatic carbocycles. The maximum atomic E-state index is 13.4. The molecule has 43 heavy (non-hydrogen) atoms. The Balaban J connectivity index is 1.19. The Morgan fingerprint density at radius 2 is 1.44 bits per heavy atom. The molecule has 1 amide bonds. The van der Waals surface area contributed by atoms with Crippen LogP contribution in [0.3, 0.4) is 0 Å². The second-order valence-electron chi connectivity index (χ2n) is 10.6. The van der Waals surface area contributed by atoms with E-state index in [2.05, 4.69) is 10.6 Å². The van der Waals surface area contributed by atoms with E-state index in [1.165, 1.54) is 12.1 Å². The van der Waals surface area contributed by atoms with Gasteiger partial charge in [-0.15, -0.1) is 11.8 Å². The zero-order valence-corrected chi connectivity index (χ0v) is 24.1. The van der Waals surface area contributed by atoms with E-state index in [0.717, 1.165) is 30.0 Å². The van der Waals surface area contributed by atoms with Gasteiger partial charge < -0.3 is 20.3 Å². The summed E-state index contributed by atoms with van der Waals surface area (Å²) in [5.74, 6) is -0.173. The van der Waals surface area contributed by atoms with E-state index < -0.39 is 34.1 Å². The number of anilines is 2. The monoisotopic (exact) mass is 634 g/mol. The minimum atomic E-state index is -4.86. The number of hydrogen-bond donors (Lipinski definition) is 2. The van der Waals surface area contributed by atoms with Crippen LogP contribution in [0.25, 0.3) is 0 Å². The molecule has 2 fully saturated rings. The molecule has 236 valence electrons. The van der Waals surface area contributed by atoms with Crippen molar-refractivity contribution in [2.45, 2.75) is 74.0 Å². The van der Waals surface area contributed by atoms with Crippen LogP contribution >= 0.6 is 11.8 Å². The lowest BCUT2D eigenvalue weighted by molar-refractivity contribution is -0.388. The molecule has 1 heterocycles. The largest absolute Gasteiger partial charge is 0.423 e. The van der Waals surface area contributed by atoms with Gasteiger partial charge in [0.25, 0.3) is 5.69 Å². The number of nitro benzene ring substituents is 1. The predicted octanol–water partition coefficient (Wildman–Crippen LogP) is 7.20. The van der Waals surface area contributed by atoms with E-state index in [9.17, 15) is 41.3 Å². The Bertz CT molecular complexity index is 1290. The molecule has 1 saturated carbocycles. The smallest absolute Gasteiger partial charge is 0.382 e. The molecule has 0 aromatic heterocycles. The van der Waals surface area contributed by atoms with Crippen molar-refractivity contribution >= 4 is 34.7 Å². The lowest BCUT2D eigenvalue weighted by atomic mass is 9.92. The number of hydrogen-bond acceptors (Lipinski definition) is 7. The number of piperidine rings is 1. The third kappa shape index (κ3) is 8.68. The zero-order chi connectivity index (χ0) is 31.4. The number of benzene rings is 2. The van der Waals surface area contributed by atoms with Crippen LogP contribution in [0.15, 0.2) is 41.3 Å². The van der Waals surface area contributed by atoms with Crippen LogP contribution in [0.5, 0.6) is 0 Å². The number of alkyl halides is 6. The fourth-order valence-corrected chi connectivity index (χ4v) is 6.03. The molecule has 2 N–H and O–H groups in total. The van der Waals surface area contributed by atoms with Gasteiger partial charge in [0.05, 0.1) is 16.6 Å². The summed E-state index contributed by atoms with van der Waals surface area (Å²) >= 11 is 1.04. The maximum Gasteiger partial charge on any atom is 0.423 e. The van der Waals surface area contributed by atoms with Crippen LogP contribution in [0.1, 0.15) is 49.7 Å². The summed E-state index contributed by atoms with van der Waals surface area (Å²) in [6.07, 6.45) is -4.39. The van der Waals surface area contributed by atoms with Gasteiger partial charge in [0.1, 0.15) is 12.2 Å². The molecular formula is C28H32F6N4O4S. The van der Waals surface area contributed by atoms with Crippen LogP contribution < -0.4 is 10.6 Å². The quantitative estimate of drug-likeness (QED) is 0.130. The van der Waals surface area contributed by atoms with Crippen molar-refractivity contribution in [3.05, 3.63) is 57.6 Å². The average molecular weight is 635 g/mol. The molecule has 8 nitrogen and oxygen atoms in total. The number of halogens is 6. The summed E-state index contributed by atoms with van der Waals surface area (Å²) in [6, 6.07) is 6.83. The molecule has 0 atom stereocenters. The van der Waals surface area contributed by atoms with E-state index in [4.69, 9.17) is 4.74 Å². The van der Waals surface area contributed by atoms with Gasteiger partial charge >= 0.3 is 12.4 Å². The van der Waals surface area contributed by atoms with Crippen molar-refractivity contribution in [3.8, 4) is 0 Å². The van der Waals surface area contributed by atoms with Crippen molar-refractivity contribution in [1.82, 2.24) is 4.90 Å². The highest BCUT2D eigenvalue weighted by atomic mass is 32.2. The molecule has 4 rings (SSSR count). The lowest BCUT2D eigenvalue weighted by Gasteiger charge is -2.34. The van der Waals surface area contributed by atoms with E-state index in [-0.39, 0.29) is 41.3 Å². The number of nitrogens with zero attached hydrogens (tertiary/aromatic N) is 2. The zero-order valence-electron chi connectivity index (χ0n) is 23.3. The van der Waals surface area contributed by atoms with Crippen LogP contribution in [0, 0.1) is 10.1 Å². The molecule has 0 spiro atoms. The van der Waals surface area contributed by atoms with Gasteiger partial charge in [-0.2, -0.15) is 26.3 Å². The molecule has 1 aliphatic carbocycles. The first-order valence-corrected chi connectivity index (χ1v) is 15.0. The number of ether oxygens (including phenoxy) is 1. The van der Waals surface area contributed by atoms with Gasteiger partial charge in [-0.1, -0.05) is 0 Å². The van der Waals surface area contributed by atoms with Crippen LogP contribution in [0.4, 0.5) is 43.4 Å². The molecule has 2 aliphatic rings. The topological polar surface area (TPSA) is 96.7 Å². The first-order valence-electron chi connectivity index (χ1n) is 13.8. The highest BCUT2D eigenvalue weighted by Crippen LogP contribution is 2.39. The lowest BCUT2D eigenvalue weighted by Crippen LogP contribution is -2.44. The van der Waals surface area contributed by atoms with E-state index in [1.807, 2.05) is 0 Å². The second-order valence-corrected chi connectivity index (χ2v) is 11.5. The number of nitrogens with one attached hydrogen (secondary N) is 2. The van der Waals surface area contributed by atoms with E-state index in [0.29, 0.717) is 57.3 Å². The minimum absolute atomic E-state index is 0.0723. The summed E-state index contributed by atoms with van der Waals surface area (Å²) in [5.41, 5.74) is -2.45. The second kappa shape index (κ2) is 13.6. The van der Waals surface area contributed by atoms with Gasteiger partial charge in [0.15, 0.2) is 0 Å². The van der Waals surface area contributed by atoms with Crippen LogP contribution in [-0.4, -0.2) is 59.9 Å². The minimum Gasteiger partial charge on any atom is -0.382 e. The van der Waals surface area contributed by atoms with Crippen LogP contribution in [0.2, 0.25) is 0 Å². The SMILES string of the molecule is CSc1ccc(NC2CCN(C(=O)COC3CCC(Nc4ccc([N+](=O)[O-])c(C(F)(F)F)c4)CC3)CC2)cc1C(F)(F)F. The number of carbonyl (C=O) groups excluding carboxylic acids is 1. The molecule has 15 heteroatoms. The van der Waals surface area contributed by atoms with Crippen molar-refractivity contribution in [1.29, 1.82) is 0 Å². The standard InChI is InChI=1S/C28H32F6N4O4S/c1-43-25-9-5-20(15-23(25)28(32,33)34)36-18-10-12-37(13-11-18)26(39)16-42-21-6-2-17(3-7-21)35-19-4-8-24(38(40)41)22(14-19)27(29,30)31/h4-5,8-9,14-15,17-18,21,35-36H,2-3,6-7,10-13,16H2,1H3. The average Bonchev–Trinajstić information content (AvgIpc) is 2.96. The summed E-state index contributed by atoms with van der Waals surface area (Å²) in [6.45, 7) is 0.782. The number of nitro groups is 1. The van der Waals surface area contributed by atoms with E-state index >= 15 is 0 Å². The Hall–Kier alpha value is -3.20. The number of rotatable bonds is 9. The van der Waals surface area contributed by atoms with Gasteiger partial charge in [-0.25, -0.2) is 0 Å². The van der Waals surface area contributed by atoms with Crippen molar-refractivity contribution in [3.63, 3.8) is 0 Å². The third-order valence-electron chi connectivity index (χ3n) is 7.71. The highest BCUT2D eigenvalue weighted by Gasteiger charge is 2.39.